The van der Waals surface area contributed by atoms with E-state index in [9.17, 15) is 9.90 Å². The van der Waals surface area contributed by atoms with Crippen LogP contribution in [0.1, 0.15) is 6.92 Å². The van der Waals surface area contributed by atoms with Crippen LogP contribution in [0.2, 0.25) is 0 Å². The summed E-state index contributed by atoms with van der Waals surface area (Å²) in [4.78, 5) is 10.2. The summed E-state index contributed by atoms with van der Waals surface area (Å²) >= 11 is 0. The lowest BCUT2D eigenvalue weighted by Crippen LogP contribution is -2.26. The van der Waals surface area contributed by atoms with Gasteiger partial charge in [0.05, 0.1) is 5.60 Å². The van der Waals surface area contributed by atoms with Crippen LogP contribution in [0.4, 0.5) is 0 Å². The number of aliphatic hydroxyl groups excluding tert-OH is 1. The van der Waals surface area contributed by atoms with Crippen molar-refractivity contribution in [1.29, 1.82) is 0 Å². The lowest BCUT2D eigenvalue weighted by molar-refractivity contribution is 0.153. The van der Waals surface area contributed by atoms with Gasteiger partial charge in [-0.1, -0.05) is 12.2 Å². The molecule has 1 rings (SSSR count). The maximum atomic E-state index is 10.2. The van der Waals surface area contributed by atoms with Gasteiger partial charge in [-0.3, -0.25) is 4.79 Å². The van der Waals surface area contributed by atoms with E-state index in [0.29, 0.717) is 0 Å². The molecule has 0 aromatic rings. The van der Waals surface area contributed by atoms with E-state index in [1.165, 1.54) is 25.2 Å². The third-order valence-electron chi connectivity index (χ3n) is 1.50. The smallest absolute Gasteiger partial charge is 0.232 e. The van der Waals surface area contributed by atoms with E-state index >= 15 is 0 Å². The Labute approximate surface area is 64.7 Å². The molecule has 2 unspecified atom stereocenters. The molecular formula is C8H9O3. The molecule has 0 amide bonds. The number of hydrogen-bond acceptors (Lipinski definition) is 3. The summed E-state index contributed by atoms with van der Waals surface area (Å²) in [6.07, 6.45) is 4.71. The Hall–Kier alpha value is -0.930. The van der Waals surface area contributed by atoms with Crippen LogP contribution in [0.3, 0.4) is 0 Å². The minimum absolute atomic E-state index is 0.0810. The molecule has 2 N–H and O–H groups in total. The van der Waals surface area contributed by atoms with Crippen LogP contribution in [-0.2, 0) is 4.79 Å². The maximum absolute atomic E-state index is 10.2. The van der Waals surface area contributed by atoms with E-state index in [4.69, 9.17) is 5.11 Å². The summed E-state index contributed by atoms with van der Waals surface area (Å²) in [6, 6.07) is 0. The van der Waals surface area contributed by atoms with Gasteiger partial charge in [-0.25, -0.2) is 0 Å². The van der Waals surface area contributed by atoms with Crippen molar-refractivity contribution in [1.82, 2.24) is 0 Å². The second kappa shape index (κ2) is 2.60. The molecule has 1 aliphatic carbocycles. The Morgan fingerprint density at radius 1 is 1.73 bits per heavy atom. The van der Waals surface area contributed by atoms with Crippen LogP contribution in [0, 0.1) is 0 Å². The van der Waals surface area contributed by atoms with Gasteiger partial charge in [0.2, 0.25) is 6.29 Å². The molecule has 0 aromatic carbocycles. The van der Waals surface area contributed by atoms with Gasteiger partial charge in [-0.05, 0) is 13.0 Å². The van der Waals surface area contributed by atoms with Gasteiger partial charge in [-0.15, -0.1) is 0 Å². The Kier molecular flexibility index (Phi) is 1.93. The molecule has 2 atom stereocenters. The molecule has 0 spiro atoms. The highest BCUT2D eigenvalue weighted by molar-refractivity contribution is 5.77. The molecule has 0 bridgehead atoms. The number of rotatable bonds is 1. The highest BCUT2D eigenvalue weighted by Crippen LogP contribution is 2.18. The van der Waals surface area contributed by atoms with Crippen molar-refractivity contribution in [2.45, 2.75) is 18.6 Å². The van der Waals surface area contributed by atoms with Gasteiger partial charge in [0.25, 0.3) is 0 Å². The van der Waals surface area contributed by atoms with Crippen molar-refractivity contribution in [3.8, 4) is 0 Å². The average Bonchev–Trinajstić information content (AvgIpc) is 1.94. The van der Waals surface area contributed by atoms with Crippen LogP contribution >= 0.6 is 0 Å². The fourth-order valence-electron chi connectivity index (χ4n) is 0.928. The van der Waals surface area contributed by atoms with E-state index in [-0.39, 0.29) is 5.57 Å². The van der Waals surface area contributed by atoms with Crippen LogP contribution in [0.25, 0.3) is 0 Å². The van der Waals surface area contributed by atoms with E-state index in [1.807, 2.05) is 0 Å². The van der Waals surface area contributed by atoms with Gasteiger partial charge in [-0.2, -0.15) is 0 Å². The minimum atomic E-state index is -1.13. The summed E-state index contributed by atoms with van der Waals surface area (Å²) in [5.74, 6) is 0. The maximum Gasteiger partial charge on any atom is 0.232 e. The third kappa shape index (κ3) is 1.76. The highest BCUT2D eigenvalue weighted by Gasteiger charge is 2.22. The van der Waals surface area contributed by atoms with Crippen LogP contribution in [0.5, 0.6) is 0 Å². The molecule has 3 heteroatoms. The predicted molar refractivity (Wildman–Crippen MR) is 39.5 cm³/mol. The third-order valence-corrected chi connectivity index (χ3v) is 1.50. The average molecular weight is 153 g/mol. The number of aliphatic hydroxyl groups is 2. The zero-order valence-corrected chi connectivity index (χ0v) is 6.11. The zero-order chi connectivity index (χ0) is 8.48. The summed E-state index contributed by atoms with van der Waals surface area (Å²) in [6.45, 7) is 1.52. The van der Waals surface area contributed by atoms with Crippen molar-refractivity contribution in [2.24, 2.45) is 0 Å². The lowest BCUT2D eigenvalue weighted by atomic mass is 9.94. The van der Waals surface area contributed by atoms with E-state index in [1.54, 1.807) is 6.29 Å². The molecule has 11 heavy (non-hydrogen) atoms. The SMILES string of the molecule is CC1(O)C=CC(O)C([C]=O)=C1. The number of hydrogen-bond donors (Lipinski definition) is 2. The van der Waals surface area contributed by atoms with E-state index in [0.717, 1.165) is 0 Å². The summed E-state index contributed by atoms with van der Waals surface area (Å²) < 4.78 is 0. The van der Waals surface area contributed by atoms with Crippen molar-refractivity contribution in [2.75, 3.05) is 0 Å². The molecule has 1 radical (unpaired) electrons. The molecule has 0 fully saturated rings. The van der Waals surface area contributed by atoms with Crippen molar-refractivity contribution in [3.63, 3.8) is 0 Å². The van der Waals surface area contributed by atoms with Gasteiger partial charge in [0.15, 0.2) is 0 Å². The topological polar surface area (TPSA) is 57.5 Å². The molecule has 0 heterocycles. The van der Waals surface area contributed by atoms with Gasteiger partial charge in [0.1, 0.15) is 6.10 Å². The fraction of sp³-hybridized carbons (Fsp3) is 0.375. The molecule has 59 valence electrons. The highest BCUT2D eigenvalue weighted by atomic mass is 16.3. The quantitative estimate of drug-likeness (QED) is 0.509. The van der Waals surface area contributed by atoms with E-state index in [2.05, 4.69) is 0 Å². The van der Waals surface area contributed by atoms with Crippen LogP contribution < -0.4 is 0 Å². The second-order valence-electron chi connectivity index (χ2n) is 2.73. The first-order chi connectivity index (χ1) is 5.05. The summed E-state index contributed by atoms with van der Waals surface area (Å²) in [5, 5.41) is 18.4. The van der Waals surface area contributed by atoms with Gasteiger partial charge in [0, 0.05) is 5.57 Å². The normalized spacial score (nSPS) is 36.6. The van der Waals surface area contributed by atoms with Crippen molar-refractivity contribution in [3.05, 3.63) is 23.8 Å². The van der Waals surface area contributed by atoms with E-state index < -0.39 is 11.7 Å². The van der Waals surface area contributed by atoms with Crippen molar-refractivity contribution < 1.29 is 15.0 Å². The Morgan fingerprint density at radius 2 is 2.36 bits per heavy atom. The number of carbonyl (C=O) groups excluding carboxylic acids is 1. The summed E-state index contributed by atoms with van der Waals surface area (Å²) in [5.41, 5.74) is -1.05. The Bertz CT molecular complexity index is 225. The molecule has 0 saturated heterocycles. The first-order valence-corrected chi connectivity index (χ1v) is 3.26. The zero-order valence-electron chi connectivity index (χ0n) is 6.11. The van der Waals surface area contributed by atoms with Gasteiger partial charge < -0.3 is 10.2 Å². The summed E-state index contributed by atoms with van der Waals surface area (Å²) in [7, 11) is 0. The second-order valence-corrected chi connectivity index (χ2v) is 2.73. The monoisotopic (exact) mass is 153 g/mol. The molecule has 0 saturated carbocycles. The van der Waals surface area contributed by atoms with Crippen LogP contribution in [-0.4, -0.2) is 28.2 Å². The van der Waals surface area contributed by atoms with Crippen molar-refractivity contribution >= 4 is 6.29 Å². The lowest BCUT2D eigenvalue weighted by Gasteiger charge is -2.20. The fourth-order valence-corrected chi connectivity index (χ4v) is 0.928. The van der Waals surface area contributed by atoms with Gasteiger partial charge >= 0.3 is 0 Å². The Morgan fingerprint density at radius 3 is 2.82 bits per heavy atom. The minimum Gasteiger partial charge on any atom is -0.384 e. The largest absolute Gasteiger partial charge is 0.384 e. The Balaban J connectivity index is 2.92. The molecular weight excluding hydrogens is 144 g/mol. The molecule has 0 aliphatic heterocycles. The van der Waals surface area contributed by atoms with Crippen LogP contribution in [0.15, 0.2) is 23.8 Å². The molecule has 0 aromatic heterocycles. The standard InChI is InChI=1S/C8H9O3/c1-8(11)3-2-7(10)6(4-8)5-9/h2-4,7,10-11H,1H3. The first kappa shape index (κ1) is 8.17. The molecule has 1 aliphatic rings. The molecule has 3 nitrogen and oxygen atoms in total. The predicted octanol–water partition coefficient (Wildman–Crippen LogP) is -0.296. The first-order valence-electron chi connectivity index (χ1n) is 3.26.